The molecule has 2 fully saturated rings. The molecule has 0 aromatic carbocycles. The van der Waals surface area contributed by atoms with Gasteiger partial charge in [-0.25, -0.2) is 0 Å². The van der Waals surface area contributed by atoms with Gasteiger partial charge < -0.3 is 10.2 Å². The fourth-order valence-corrected chi connectivity index (χ4v) is 3.94. The van der Waals surface area contributed by atoms with Gasteiger partial charge in [0.1, 0.15) is 0 Å². The summed E-state index contributed by atoms with van der Waals surface area (Å²) in [5.41, 5.74) is -1.16. The van der Waals surface area contributed by atoms with Crippen LogP contribution in [0.15, 0.2) is 0 Å². The Morgan fingerprint density at radius 3 is 2.33 bits per heavy atom. The molecule has 0 aliphatic heterocycles. The summed E-state index contributed by atoms with van der Waals surface area (Å²) in [5, 5.41) is 19.5. The Morgan fingerprint density at radius 2 is 2.00 bits per heavy atom. The molecule has 3 atom stereocenters. The molecule has 2 bridgehead atoms. The normalized spacial score (nSPS) is 47.1. The first-order valence-corrected chi connectivity index (χ1v) is 5.67. The van der Waals surface area contributed by atoms with Gasteiger partial charge in [-0.2, -0.15) is 0 Å². The summed E-state index contributed by atoms with van der Waals surface area (Å²) in [6.07, 6.45) is 2.63. The van der Waals surface area contributed by atoms with E-state index < -0.39 is 11.6 Å². The molecule has 15 heavy (non-hydrogen) atoms. The lowest BCUT2D eigenvalue weighted by atomic mass is 9.63. The molecule has 2 rings (SSSR count). The average Bonchev–Trinajstić information content (AvgIpc) is 2.34. The van der Waals surface area contributed by atoms with E-state index in [1.807, 2.05) is 0 Å². The van der Waals surface area contributed by atoms with E-state index in [1.54, 1.807) is 0 Å². The summed E-state index contributed by atoms with van der Waals surface area (Å²) in [6.45, 7) is 6.40. The number of hydrogen-bond donors (Lipinski definition) is 2. The van der Waals surface area contributed by atoms with Gasteiger partial charge in [-0.05, 0) is 30.6 Å². The van der Waals surface area contributed by atoms with Crippen LogP contribution < -0.4 is 0 Å². The molecule has 86 valence electrons. The van der Waals surface area contributed by atoms with Crippen molar-refractivity contribution in [2.45, 2.75) is 52.1 Å². The van der Waals surface area contributed by atoms with Gasteiger partial charge in [0.25, 0.3) is 0 Å². The zero-order valence-electron chi connectivity index (χ0n) is 9.71. The van der Waals surface area contributed by atoms with Crippen molar-refractivity contribution in [3.05, 3.63) is 0 Å². The number of carbonyl (C=O) groups is 1. The summed E-state index contributed by atoms with van der Waals surface area (Å²) in [5.74, 6) is -0.408. The van der Waals surface area contributed by atoms with Crippen LogP contribution in [0.5, 0.6) is 0 Å². The van der Waals surface area contributed by atoms with Crippen molar-refractivity contribution in [1.29, 1.82) is 0 Å². The monoisotopic (exact) mass is 212 g/mol. The minimum Gasteiger partial charge on any atom is -0.481 e. The van der Waals surface area contributed by atoms with E-state index in [4.69, 9.17) is 5.11 Å². The molecule has 0 heterocycles. The highest BCUT2D eigenvalue weighted by Crippen LogP contribution is 2.70. The van der Waals surface area contributed by atoms with Gasteiger partial charge in [0, 0.05) is 5.41 Å². The molecular weight excluding hydrogens is 192 g/mol. The zero-order chi connectivity index (χ0) is 11.5. The Hall–Kier alpha value is -0.570. The molecule has 3 heteroatoms. The molecule has 3 nitrogen and oxygen atoms in total. The molecule has 2 N–H and O–H groups in total. The van der Waals surface area contributed by atoms with E-state index in [2.05, 4.69) is 20.8 Å². The van der Waals surface area contributed by atoms with E-state index in [0.717, 1.165) is 12.8 Å². The second kappa shape index (κ2) is 2.76. The first-order chi connectivity index (χ1) is 6.73. The number of fused-ring (bicyclic) bond motifs is 2. The van der Waals surface area contributed by atoms with Crippen LogP contribution in [0.3, 0.4) is 0 Å². The molecule has 0 amide bonds. The first-order valence-electron chi connectivity index (χ1n) is 5.67. The minimum atomic E-state index is -0.995. The van der Waals surface area contributed by atoms with E-state index in [0.29, 0.717) is 12.3 Å². The van der Waals surface area contributed by atoms with Gasteiger partial charge in [0.15, 0.2) is 0 Å². The van der Waals surface area contributed by atoms with Crippen molar-refractivity contribution in [1.82, 2.24) is 0 Å². The Morgan fingerprint density at radius 1 is 1.40 bits per heavy atom. The molecule has 0 aromatic rings. The van der Waals surface area contributed by atoms with Crippen molar-refractivity contribution in [2.75, 3.05) is 0 Å². The quantitative estimate of drug-likeness (QED) is 0.736. The predicted molar refractivity (Wildman–Crippen MR) is 56.4 cm³/mol. The molecule has 0 spiro atoms. The van der Waals surface area contributed by atoms with Crippen LogP contribution in [0.2, 0.25) is 0 Å². The smallest absolute Gasteiger partial charge is 0.306 e. The van der Waals surface area contributed by atoms with Gasteiger partial charge in [0.05, 0.1) is 12.0 Å². The van der Waals surface area contributed by atoms with Crippen LogP contribution in [0, 0.1) is 16.7 Å². The van der Waals surface area contributed by atoms with Gasteiger partial charge in [0.2, 0.25) is 0 Å². The van der Waals surface area contributed by atoms with Gasteiger partial charge in [-0.3, -0.25) is 4.79 Å². The van der Waals surface area contributed by atoms with Crippen molar-refractivity contribution < 1.29 is 15.0 Å². The van der Waals surface area contributed by atoms with E-state index in [1.165, 1.54) is 0 Å². The number of aliphatic carboxylic acids is 1. The highest BCUT2D eigenvalue weighted by molar-refractivity contribution is 5.68. The first kappa shape index (κ1) is 10.9. The highest BCUT2D eigenvalue weighted by Gasteiger charge is 2.68. The molecular formula is C12H20O3. The maximum atomic E-state index is 10.8. The third-order valence-electron chi connectivity index (χ3n) is 5.49. The Labute approximate surface area is 90.5 Å². The van der Waals surface area contributed by atoms with Crippen molar-refractivity contribution >= 4 is 5.97 Å². The molecule has 2 saturated carbocycles. The highest BCUT2D eigenvalue weighted by atomic mass is 16.4. The SMILES string of the molecule is CC1(C)[C@H]2CC[C@]1(C)[C@@](O)(CC(=O)O)C2. The van der Waals surface area contributed by atoms with Crippen LogP contribution in [0.1, 0.15) is 46.5 Å². The number of carboxylic acid groups (broad SMARTS) is 1. The van der Waals surface area contributed by atoms with Crippen LogP contribution in [-0.4, -0.2) is 21.8 Å². The van der Waals surface area contributed by atoms with Crippen LogP contribution >= 0.6 is 0 Å². The molecule has 2 aliphatic carbocycles. The summed E-state index contributed by atoms with van der Waals surface area (Å²) in [4.78, 5) is 10.8. The van der Waals surface area contributed by atoms with Gasteiger partial charge in [-0.15, -0.1) is 0 Å². The summed E-state index contributed by atoms with van der Waals surface area (Å²) in [7, 11) is 0. The second-order valence-electron chi connectivity index (χ2n) is 6.10. The molecule has 0 radical (unpaired) electrons. The van der Waals surface area contributed by atoms with Crippen molar-refractivity contribution in [3.63, 3.8) is 0 Å². The number of carboxylic acids is 1. The van der Waals surface area contributed by atoms with Crippen LogP contribution in [0.25, 0.3) is 0 Å². The third kappa shape index (κ3) is 1.13. The number of rotatable bonds is 2. The fraction of sp³-hybridized carbons (Fsp3) is 0.917. The number of hydrogen-bond acceptors (Lipinski definition) is 2. The number of aliphatic hydroxyl groups is 1. The Kier molecular flexibility index (Phi) is 2.01. The average molecular weight is 212 g/mol. The zero-order valence-corrected chi connectivity index (χ0v) is 9.71. The maximum Gasteiger partial charge on any atom is 0.306 e. The van der Waals surface area contributed by atoms with Crippen LogP contribution in [0.4, 0.5) is 0 Å². The Balaban J connectivity index is 2.36. The van der Waals surface area contributed by atoms with Crippen LogP contribution in [-0.2, 0) is 4.79 Å². The molecule has 0 aromatic heterocycles. The lowest BCUT2D eigenvalue weighted by molar-refractivity contribution is -0.152. The molecule has 2 aliphatic rings. The topological polar surface area (TPSA) is 57.5 Å². The standard InChI is InChI=1S/C12H20O3/c1-10(2)8-4-5-11(10,3)12(15,6-8)7-9(13)14/h8,15H,4-7H2,1-3H3,(H,13,14)/t8-,11-,12-/m0/s1. The lowest BCUT2D eigenvalue weighted by Crippen LogP contribution is -2.48. The maximum absolute atomic E-state index is 10.8. The van der Waals surface area contributed by atoms with E-state index in [9.17, 15) is 9.90 Å². The van der Waals surface area contributed by atoms with Crippen molar-refractivity contribution in [3.8, 4) is 0 Å². The largest absolute Gasteiger partial charge is 0.481 e. The molecule has 0 unspecified atom stereocenters. The second-order valence-corrected chi connectivity index (χ2v) is 6.10. The third-order valence-corrected chi connectivity index (χ3v) is 5.49. The van der Waals surface area contributed by atoms with Crippen molar-refractivity contribution in [2.24, 2.45) is 16.7 Å². The van der Waals surface area contributed by atoms with E-state index >= 15 is 0 Å². The minimum absolute atomic E-state index is 0.0667. The Bertz CT molecular complexity index is 310. The predicted octanol–water partition coefficient (Wildman–Crippen LogP) is 2.04. The van der Waals surface area contributed by atoms with Gasteiger partial charge >= 0.3 is 5.97 Å². The summed E-state index contributed by atoms with van der Waals surface area (Å²) in [6, 6.07) is 0. The lowest BCUT2D eigenvalue weighted by Gasteiger charge is -2.44. The van der Waals surface area contributed by atoms with E-state index in [-0.39, 0.29) is 17.3 Å². The summed E-state index contributed by atoms with van der Waals surface area (Å²) >= 11 is 0. The summed E-state index contributed by atoms with van der Waals surface area (Å²) < 4.78 is 0. The molecule has 0 saturated heterocycles. The fourth-order valence-electron chi connectivity index (χ4n) is 3.94. The van der Waals surface area contributed by atoms with Gasteiger partial charge in [-0.1, -0.05) is 20.8 Å².